The monoisotopic (exact) mass is 293 g/mol. The molecule has 2 rings (SSSR count). The number of carboxylic acids is 1. The molecule has 0 aliphatic carbocycles. The molecule has 1 heterocycles. The Bertz CT molecular complexity index is 505. The molecule has 1 amide bonds. The first-order valence-electron chi connectivity index (χ1n) is 6.58. The van der Waals surface area contributed by atoms with Crippen LogP contribution in [-0.4, -0.2) is 41.2 Å². The second kappa shape index (κ2) is 5.87. The minimum atomic E-state index is -0.826. The molecule has 108 valence electrons. The zero-order valence-corrected chi connectivity index (χ0v) is 12.5. The van der Waals surface area contributed by atoms with E-state index in [1.54, 1.807) is 11.8 Å². The molecule has 1 aromatic carbocycles. The fourth-order valence-electron chi connectivity index (χ4n) is 2.50. The number of nitrogens with zero attached hydrogens (tertiary/aromatic N) is 1. The number of rotatable bonds is 4. The van der Waals surface area contributed by atoms with Crippen LogP contribution in [0.1, 0.15) is 24.2 Å². The average molecular weight is 293 g/mol. The van der Waals surface area contributed by atoms with E-state index in [0.717, 1.165) is 5.56 Å². The minimum Gasteiger partial charge on any atom is -0.481 e. The van der Waals surface area contributed by atoms with Gasteiger partial charge in [-0.15, -0.1) is 11.8 Å². The predicted molar refractivity (Wildman–Crippen MR) is 79.6 cm³/mol. The van der Waals surface area contributed by atoms with Crippen molar-refractivity contribution in [2.75, 3.05) is 19.3 Å². The first-order valence-corrected chi connectivity index (χ1v) is 7.86. The van der Waals surface area contributed by atoms with Gasteiger partial charge >= 0.3 is 5.97 Å². The highest BCUT2D eigenvalue weighted by Gasteiger charge is 2.43. The first-order chi connectivity index (χ1) is 9.48. The third-order valence-electron chi connectivity index (χ3n) is 3.86. The first kappa shape index (κ1) is 14.9. The van der Waals surface area contributed by atoms with Crippen LogP contribution in [0, 0.1) is 5.41 Å². The van der Waals surface area contributed by atoms with Gasteiger partial charge in [-0.25, -0.2) is 0 Å². The number of carbonyl (C=O) groups is 2. The van der Waals surface area contributed by atoms with E-state index in [1.165, 1.54) is 11.8 Å². The topological polar surface area (TPSA) is 57.6 Å². The van der Waals surface area contributed by atoms with Crippen molar-refractivity contribution < 1.29 is 14.7 Å². The number of amides is 1. The van der Waals surface area contributed by atoms with Crippen LogP contribution in [0.15, 0.2) is 30.3 Å². The molecule has 1 aromatic rings. The van der Waals surface area contributed by atoms with Crippen molar-refractivity contribution in [1.82, 2.24) is 4.90 Å². The summed E-state index contributed by atoms with van der Waals surface area (Å²) in [5, 5.41) is 8.98. The molecule has 1 aliphatic heterocycles. The second-order valence-corrected chi connectivity index (χ2v) is 6.34. The van der Waals surface area contributed by atoms with E-state index >= 15 is 0 Å². The van der Waals surface area contributed by atoms with E-state index < -0.39 is 11.4 Å². The highest BCUT2D eigenvalue weighted by atomic mass is 32.2. The Balaban J connectivity index is 2.13. The summed E-state index contributed by atoms with van der Waals surface area (Å²) in [6, 6.07) is 9.62. The molecular formula is C15H19NO3S. The summed E-state index contributed by atoms with van der Waals surface area (Å²) in [4.78, 5) is 25.5. The molecule has 1 N–H and O–H groups in total. The lowest BCUT2D eigenvalue weighted by Crippen LogP contribution is -2.36. The summed E-state index contributed by atoms with van der Waals surface area (Å²) in [7, 11) is 0. The van der Waals surface area contributed by atoms with Gasteiger partial charge in [0.2, 0.25) is 5.91 Å². The van der Waals surface area contributed by atoms with Crippen molar-refractivity contribution in [3.63, 3.8) is 0 Å². The molecule has 4 nitrogen and oxygen atoms in total. The summed E-state index contributed by atoms with van der Waals surface area (Å²) in [5.74, 6) is -0.818. The van der Waals surface area contributed by atoms with E-state index in [1.807, 2.05) is 36.6 Å². The zero-order chi connectivity index (χ0) is 14.8. The Hall–Kier alpha value is -1.49. The molecule has 0 radical (unpaired) electrons. The molecule has 1 saturated heterocycles. The van der Waals surface area contributed by atoms with Crippen molar-refractivity contribution in [3.05, 3.63) is 35.9 Å². The Morgan fingerprint density at radius 1 is 1.35 bits per heavy atom. The van der Waals surface area contributed by atoms with Crippen LogP contribution >= 0.6 is 11.8 Å². The maximum Gasteiger partial charge on any atom is 0.311 e. The number of carboxylic acid groups (broad SMARTS) is 1. The van der Waals surface area contributed by atoms with Crippen LogP contribution in [0.2, 0.25) is 0 Å². The lowest BCUT2D eigenvalue weighted by atomic mass is 9.90. The van der Waals surface area contributed by atoms with E-state index in [0.29, 0.717) is 19.5 Å². The van der Waals surface area contributed by atoms with Crippen molar-refractivity contribution in [3.8, 4) is 0 Å². The summed E-state index contributed by atoms with van der Waals surface area (Å²) < 4.78 is 0. The van der Waals surface area contributed by atoms with Gasteiger partial charge in [0.1, 0.15) is 5.25 Å². The van der Waals surface area contributed by atoms with Crippen molar-refractivity contribution in [2.45, 2.75) is 18.6 Å². The van der Waals surface area contributed by atoms with Crippen molar-refractivity contribution in [1.29, 1.82) is 0 Å². The average Bonchev–Trinajstić information content (AvgIpc) is 2.85. The molecule has 0 spiro atoms. The molecule has 0 aromatic heterocycles. The van der Waals surface area contributed by atoms with Gasteiger partial charge in [-0.2, -0.15) is 0 Å². The van der Waals surface area contributed by atoms with Gasteiger partial charge in [-0.05, 0) is 25.2 Å². The van der Waals surface area contributed by atoms with Crippen molar-refractivity contribution >= 4 is 23.6 Å². The van der Waals surface area contributed by atoms with E-state index in [-0.39, 0.29) is 11.2 Å². The summed E-state index contributed by atoms with van der Waals surface area (Å²) in [5.41, 5.74) is 0.156. The highest BCUT2D eigenvalue weighted by molar-refractivity contribution is 7.99. The lowest BCUT2D eigenvalue weighted by molar-refractivity contribution is -0.147. The third kappa shape index (κ3) is 2.82. The molecule has 2 unspecified atom stereocenters. The van der Waals surface area contributed by atoms with Crippen LogP contribution in [0.3, 0.4) is 0 Å². The number of carbonyl (C=O) groups excluding carboxylic acids is 1. The van der Waals surface area contributed by atoms with E-state index in [9.17, 15) is 14.7 Å². The Labute approximate surface area is 123 Å². The molecule has 1 aliphatic rings. The standard InChI is InChI=1S/C15H19NO3S/c1-15(14(18)19)8-9-16(10-15)13(17)12(20-2)11-6-4-3-5-7-11/h3-7,12H,8-10H2,1-2H3,(H,18,19). The Morgan fingerprint density at radius 2 is 2.00 bits per heavy atom. The fraction of sp³-hybridized carbons (Fsp3) is 0.467. The maximum atomic E-state index is 12.6. The van der Waals surface area contributed by atoms with Gasteiger partial charge in [-0.1, -0.05) is 30.3 Å². The van der Waals surface area contributed by atoms with Gasteiger partial charge in [0.15, 0.2) is 0 Å². The largest absolute Gasteiger partial charge is 0.481 e. The van der Waals surface area contributed by atoms with Gasteiger partial charge < -0.3 is 10.0 Å². The zero-order valence-electron chi connectivity index (χ0n) is 11.7. The van der Waals surface area contributed by atoms with E-state index in [4.69, 9.17) is 0 Å². The highest BCUT2D eigenvalue weighted by Crippen LogP contribution is 2.35. The maximum absolute atomic E-state index is 12.6. The molecule has 0 bridgehead atoms. The van der Waals surface area contributed by atoms with Gasteiger partial charge in [0, 0.05) is 13.1 Å². The molecule has 1 fully saturated rings. The van der Waals surface area contributed by atoms with Gasteiger partial charge in [-0.3, -0.25) is 9.59 Å². The van der Waals surface area contributed by atoms with Gasteiger partial charge in [0.05, 0.1) is 5.41 Å². The van der Waals surface area contributed by atoms with E-state index in [2.05, 4.69) is 0 Å². The number of benzene rings is 1. The Kier molecular flexibility index (Phi) is 4.38. The number of hydrogen-bond donors (Lipinski definition) is 1. The SMILES string of the molecule is CSC(C(=O)N1CCC(C)(C(=O)O)C1)c1ccccc1. The summed E-state index contributed by atoms with van der Waals surface area (Å²) in [6.45, 7) is 2.52. The second-order valence-electron chi connectivity index (χ2n) is 5.40. The third-order valence-corrected chi connectivity index (χ3v) is 4.81. The lowest BCUT2D eigenvalue weighted by Gasteiger charge is -2.24. The molecule has 20 heavy (non-hydrogen) atoms. The molecular weight excluding hydrogens is 274 g/mol. The van der Waals surface area contributed by atoms with Crippen LogP contribution in [-0.2, 0) is 9.59 Å². The van der Waals surface area contributed by atoms with Crippen LogP contribution in [0.5, 0.6) is 0 Å². The number of likely N-dealkylation sites (tertiary alicyclic amines) is 1. The van der Waals surface area contributed by atoms with Crippen LogP contribution in [0.4, 0.5) is 0 Å². The van der Waals surface area contributed by atoms with Crippen LogP contribution in [0.25, 0.3) is 0 Å². The molecule has 2 atom stereocenters. The molecule has 0 saturated carbocycles. The number of aliphatic carboxylic acids is 1. The van der Waals surface area contributed by atoms with Gasteiger partial charge in [0.25, 0.3) is 0 Å². The smallest absolute Gasteiger partial charge is 0.311 e. The predicted octanol–water partition coefficient (Wildman–Crippen LogP) is 2.41. The normalized spacial score (nSPS) is 23.6. The minimum absolute atomic E-state index is 0.00803. The number of hydrogen-bond acceptors (Lipinski definition) is 3. The number of thioether (sulfide) groups is 1. The van der Waals surface area contributed by atoms with Crippen molar-refractivity contribution in [2.24, 2.45) is 5.41 Å². The quantitative estimate of drug-likeness (QED) is 0.926. The fourth-order valence-corrected chi connectivity index (χ4v) is 3.28. The van der Waals surface area contributed by atoms with Crippen LogP contribution < -0.4 is 0 Å². The summed E-state index contributed by atoms with van der Waals surface area (Å²) >= 11 is 1.49. The molecule has 5 heteroatoms. The Morgan fingerprint density at radius 3 is 2.50 bits per heavy atom. The summed E-state index contributed by atoms with van der Waals surface area (Å²) in [6.07, 6.45) is 2.42.